The molecule has 0 aliphatic carbocycles. The zero-order valence-corrected chi connectivity index (χ0v) is 13.9. The Bertz CT molecular complexity index is 375. The van der Waals surface area contributed by atoms with Crippen LogP contribution in [-0.2, 0) is 13.0 Å². The van der Waals surface area contributed by atoms with E-state index in [1.807, 2.05) is 18.0 Å². The highest BCUT2D eigenvalue weighted by molar-refractivity contribution is 7.98. The molecule has 108 valence electrons. The monoisotopic (exact) mass is 280 g/mol. The van der Waals surface area contributed by atoms with Crippen molar-refractivity contribution in [1.29, 1.82) is 0 Å². The Morgan fingerprint density at radius 1 is 1.32 bits per heavy atom. The lowest BCUT2D eigenvalue weighted by Crippen LogP contribution is -2.17. The molecule has 0 N–H and O–H groups in total. The van der Waals surface area contributed by atoms with Crippen LogP contribution in [-0.4, -0.2) is 36.0 Å². The minimum Gasteiger partial charge on any atom is -0.305 e. The van der Waals surface area contributed by atoms with Gasteiger partial charge in [0.05, 0.1) is 0 Å². The molecule has 0 amide bonds. The first kappa shape index (κ1) is 16.5. The zero-order chi connectivity index (χ0) is 14.3. The Morgan fingerprint density at radius 2 is 2.05 bits per heavy atom. The van der Waals surface area contributed by atoms with Crippen LogP contribution >= 0.6 is 11.8 Å². The average molecular weight is 280 g/mol. The molecule has 19 heavy (non-hydrogen) atoms. The minimum atomic E-state index is 0.347. The molecule has 3 heteroatoms. The van der Waals surface area contributed by atoms with E-state index in [-0.39, 0.29) is 0 Å². The van der Waals surface area contributed by atoms with Crippen molar-refractivity contribution in [2.75, 3.05) is 26.1 Å². The molecule has 0 saturated carbocycles. The van der Waals surface area contributed by atoms with Crippen LogP contribution in [0.25, 0.3) is 0 Å². The first-order chi connectivity index (χ1) is 8.93. The Balaban J connectivity index is 2.59. The van der Waals surface area contributed by atoms with E-state index in [1.54, 1.807) is 0 Å². The van der Waals surface area contributed by atoms with E-state index in [1.165, 1.54) is 29.9 Å². The van der Waals surface area contributed by atoms with E-state index in [0.29, 0.717) is 5.41 Å². The summed E-state index contributed by atoms with van der Waals surface area (Å²) < 4.78 is 0. The molecule has 1 aromatic heterocycles. The summed E-state index contributed by atoms with van der Waals surface area (Å²) in [5, 5.41) is 0. The van der Waals surface area contributed by atoms with Gasteiger partial charge in [-0.15, -0.1) is 0 Å². The van der Waals surface area contributed by atoms with Crippen LogP contribution in [0.15, 0.2) is 18.3 Å². The van der Waals surface area contributed by atoms with Crippen molar-refractivity contribution in [2.24, 2.45) is 5.41 Å². The quantitative estimate of drug-likeness (QED) is 0.673. The summed E-state index contributed by atoms with van der Waals surface area (Å²) in [6.07, 6.45) is 7.77. The molecule has 0 fully saturated rings. The molecule has 0 aliphatic rings. The fraction of sp³-hybridized carbons (Fsp3) is 0.688. The lowest BCUT2D eigenvalue weighted by molar-refractivity contribution is 0.326. The van der Waals surface area contributed by atoms with Crippen molar-refractivity contribution in [3.05, 3.63) is 29.6 Å². The second-order valence-corrected chi connectivity index (χ2v) is 7.32. The Kier molecular flexibility index (Phi) is 6.87. The number of pyridine rings is 1. The molecule has 0 radical (unpaired) electrons. The van der Waals surface area contributed by atoms with Gasteiger partial charge in [-0.2, -0.15) is 11.8 Å². The van der Waals surface area contributed by atoms with Gasteiger partial charge in [0.25, 0.3) is 0 Å². The van der Waals surface area contributed by atoms with Crippen molar-refractivity contribution >= 4 is 11.8 Å². The maximum absolute atomic E-state index is 4.54. The molecule has 0 aliphatic heterocycles. The number of nitrogens with zero attached hydrogens (tertiary/aromatic N) is 2. The second kappa shape index (κ2) is 7.91. The van der Waals surface area contributed by atoms with E-state index >= 15 is 0 Å². The number of aromatic nitrogens is 1. The first-order valence-corrected chi connectivity index (χ1v) is 8.40. The van der Waals surface area contributed by atoms with Crippen molar-refractivity contribution in [1.82, 2.24) is 9.88 Å². The highest BCUT2D eigenvalue weighted by atomic mass is 32.2. The summed E-state index contributed by atoms with van der Waals surface area (Å²) >= 11 is 1.94. The number of thioether (sulfide) groups is 1. The van der Waals surface area contributed by atoms with Crippen molar-refractivity contribution in [3.63, 3.8) is 0 Å². The summed E-state index contributed by atoms with van der Waals surface area (Å²) in [6.45, 7) is 5.70. The maximum Gasteiger partial charge on any atom is 0.0412 e. The lowest BCUT2D eigenvalue weighted by Gasteiger charge is -2.24. The van der Waals surface area contributed by atoms with Crippen LogP contribution in [0.5, 0.6) is 0 Å². The van der Waals surface area contributed by atoms with Gasteiger partial charge < -0.3 is 4.90 Å². The van der Waals surface area contributed by atoms with Crippen LogP contribution in [0.1, 0.15) is 37.9 Å². The van der Waals surface area contributed by atoms with E-state index < -0.39 is 0 Å². The molecule has 0 bridgehead atoms. The normalized spacial score (nSPS) is 12.1. The van der Waals surface area contributed by atoms with Crippen LogP contribution in [0, 0.1) is 5.41 Å². The Hall–Kier alpha value is -0.540. The molecule has 2 nitrogen and oxygen atoms in total. The van der Waals surface area contributed by atoms with Gasteiger partial charge in [0.1, 0.15) is 0 Å². The van der Waals surface area contributed by atoms with Gasteiger partial charge in [-0.05, 0) is 68.5 Å². The van der Waals surface area contributed by atoms with Gasteiger partial charge in [0, 0.05) is 18.4 Å². The molecule has 1 rings (SSSR count). The van der Waals surface area contributed by atoms with Gasteiger partial charge in [0.15, 0.2) is 0 Å². The maximum atomic E-state index is 4.54. The zero-order valence-electron chi connectivity index (χ0n) is 13.1. The van der Waals surface area contributed by atoms with Crippen molar-refractivity contribution in [2.45, 2.75) is 39.7 Å². The fourth-order valence-electron chi connectivity index (χ4n) is 2.36. The fourth-order valence-corrected chi connectivity index (χ4v) is 2.80. The molecule has 0 atom stereocenters. The molecule has 1 heterocycles. The molecule has 0 aromatic carbocycles. The van der Waals surface area contributed by atoms with E-state index in [4.69, 9.17) is 0 Å². The third-order valence-electron chi connectivity index (χ3n) is 3.24. The Labute approximate surface area is 123 Å². The Morgan fingerprint density at radius 3 is 2.68 bits per heavy atom. The third-order valence-corrected chi connectivity index (χ3v) is 3.94. The van der Waals surface area contributed by atoms with Gasteiger partial charge in [-0.1, -0.05) is 13.8 Å². The molecular weight excluding hydrogens is 252 g/mol. The van der Waals surface area contributed by atoms with Gasteiger partial charge in [-0.3, -0.25) is 4.98 Å². The first-order valence-electron chi connectivity index (χ1n) is 7.00. The molecule has 1 aromatic rings. The predicted octanol–water partition coefficient (Wildman–Crippen LogP) is 3.86. The summed E-state index contributed by atoms with van der Waals surface area (Å²) in [5.41, 5.74) is 2.93. The highest BCUT2D eigenvalue weighted by Crippen LogP contribution is 2.27. The largest absolute Gasteiger partial charge is 0.305 e. The summed E-state index contributed by atoms with van der Waals surface area (Å²) in [6, 6.07) is 4.38. The molecule has 0 saturated heterocycles. The van der Waals surface area contributed by atoms with Crippen LogP contribution in [0.4, 0.5) is 0 Å². The van der Waals surface area contributed by atoms with Gasteiger partial charge >= 0.3 is 0 Å². The second-order valence-electron chi connectivity index (χ2n) is 6.33. The van der Waals surface area contributed by atoms with E-state index in [9.17, 15) is 0 Å². The van der Waals surface area contributed by atoms with Gasteiger partial charge in [0.2, 0.25) is 0 Å². The van der Waals surface area contributed by atoms with Crippen molar-refractivity contribution < 1.29 is 0 Å². The standard InChI is InChI=1S/C16H28N2S/c1-16(2,8-6-10-19-5)12-15-11-14(7-9-17-15)13-18(3)4/h7,9,11H,6,8,10,12-13H2,1-5H3. The highest BCUT2D eigenvalue weighted by Gasteiger charge is 2.18. The average Bonchev–Trinajstić information content (AvgIpc) is 2.27. The molecule has 0 unspecified atom stereocenters. The molecular formula is C16H28N2S. The van der Waals surface area contributed by atoms with Crippen LogP contribution in [0.3, 0.4) is 0 Å². The van der Waals surface area contributed by atoms with Gasteiger partial charge in [-0.25, -0.2) is 0 Å². The number of rotatable bonds is 8. The third kappa shape index (κ3) is 6.98. The minimum absolute atomic E-state index is 0.347. The van der Waals surface area contributed by atoms with E-state index in [2.05, 4.69) is 56.2 Å². The smallest absolute Gasteiger partial charge is 0.0412 e. The predicted molar refractivity (Wildman–Crippen MR) is 86.7 cm³/mol. The number of hydrogen-bond donors (Lipinski definition) is 0. The SMILES string of the molecule is CSCCCC(C)(C)Cc1cc(CN(C)C)ccn1. The van der Waals surface area contributed by atoms with E-state index in [0.717, 1.165) is 13.0 Å². The van der Waals surface area contributed by atoms with Crippen LogP contribution < -0.4 is 0 Å². The summed E-state index contributed by atoms with van der Waals surface area (Å²) in [4.78, 5) is 6.73. The summed E-state index contributed by atoms with van der Waals surface area (Å²) in [7, 11) is 4.21. The molecule has 0 spiro atoms. The summed E-state index contributed by atoms with van der Waals surface area (Å²) in [5.74, 6) is 1.26. The van der Waals surface area contributed by atoms with Crippen LogP contribution in [0.2, 0.25) is 0 Å². The number of hydrogen-bond acceptors (Lipinski definition) is 3. The topological polar surface area (TPSA) is 16.1 Å². The van der Waals surface area contributed by atoms with Crippen molar-refractivity contribution in [3.8, 4) is 0 Å². The lowest BCUT2D eigenvalue weighted by atomic mass is 9.83.